The first-order chi connectivity index (χ1) is 13.4. The van der Waals surface area contributed by atoms with Crippen molar-refractivity contribution in [2.24, 2.45) is 7.05 Å². The SMILES string of the molecule is Cc1sc(NC(=O)c2cc(-c3ccco3)nc3c2c(C)nn3C)c(C#N)c1C. The van der Waals surface area contributed by atoms with Crippen LogP contribution in [0, 0.1) is 32.1 Å². The van der Waals surface area contributed by atoms with Crippen molar-refractivity contribution in [2.75, 3.05) is 5.32 Å². The van der Waals surface area contributed by atoms with Crippen molar-refractivity contribution in [3.8, 4) is 17.5 Å². The molecule has 4 rings (SSSR count). The minimum Gasteiger partial charge on any atom is -0.463 e. The Morgan fingerprint density at radius 3 is 2.82 bits per heavy atom. The standard InChI is InChI=1S/C20H17N5O2S/c1-10-12(3)28-20(14(10)9-21)23-19(26)13-8-15(16-6-5-7-27-16)22-18-17(13)11(2)24-25(18)4/h5-8H,1-4H3,(H,23,26). The number of fused-ring (bicyclic) bond motifs is 1. The summed E-state index contributed by atoms with van der Waals surface area (Å²) in [5, 5.41) is 18.0. The third-order valence-corrected chi connectivity index (χ3v) is 5.83. The third-order valence-electron chi connectivity index (χ3n) is 4.71. The second-order valence-corrected chi connectivity index (χ2v) is 7.72. The average Bonchev–Trinajstić information content (AvgIpc) is 3.36. The van der Waals surface area contributed by atoms with E-state index in [9.17, 15) is 10.1 Å². The van der Waals surface area contributed by atoms with E-state index in [1.54, 1.807) is 36.2 Å². The summed E-state index contributed by atoms with van der Waals surface area (Å²) in [5.41, 5.74) is 3.67. The van der Waals surface area contributed by atoms with Gasteiger partial charge in [0.2, 0.25) is 0 Å². The lowest BCUT2D eigenvalue weighted by molar-refractivity contribution is 0.102. The summed E-state index contributed by atoms with van der Waals surface area (Å²) in [6.07, 6.45) is 1.56. The molecular weight excluding hydrogens is 374 g/mol. The van der Waals surface area contributed by atoms with E-state index in [-0.39, 0.29) is 5.91 Å². The van der Waals surface area contributed by atoms with Crippen LogP contribution in [-0.4, -0.2) is 20.7 Å². The molecular formula is C20H17N5O2S. The third kappa shape index (κ3) is 2.77. The van der Waals surface area contributed by atoms with Crippen molar-refractivity contribution in [2.45, 2.75) is 20.8 Å². The molecule has 0 aliphatic rings. The molecule has 28 heavy (non-hydrogen) atoms. The van der Waals surface area contributed by atoms with Crippen LogP contribution in [0.25, 0.3) is 22.5 Å². The summed E-state index contributed by atoms with van der Waals surface area (Å²) < 4.78 is 7.11. The molecule has 4 aromatic rings. The maximum atomic E-state index is 13.2. The highest BCUT2D eigenvalue weighted by Crippen LogP contribution is 2.33. The average molecular weight is 391 g/mol. The van der Waals surface area contributed by atoms with Crippen molar-refractivity contribution >= 4 is 33.3 Å². The number of amides is 1. The second-order valence-electron chi connectivity index (χ2n) is 6.49. The summed E-state index contributed by atoms with van der Waals surface area (Å²) in [6.45, 7) is 5.65. The van der Waals surface area contributed by atoms with Crippen molar-refractivity contribution in [3.63, 3.8) is 0 Å². The summed E-state index contributed by atoms with van der Waals surface area (Å²) in [4.78, 5) is 18.8. The van der Waals surface area contributed by atoms with Crippen LogP contribution >= 0.6 is 11.3 Å². The van der Waals surface area contributed by atoms with Crippen molar-refractivity contribution in [1.29, 1.82) is 5.26 Å². The molecule has 0 saturated heterocycles. The molecule has 0 aliphatic carbocycles. The number of aryl methyl sites for hydroxylation is 3. The molecule has 0 saturated carbocycles. The first-order valence-corrected chi connectivity index (χ1v) is 9.42. The fourth-order valence-electron chi connectivity index (χ4n) is 3.19. The largest absolute Gasteiger partial charge is 0.463 e. The van der Waals surface area contributed by atoms with Crippen LogP contribution in [0.15, 0.2) is 28.9 Å². The number of carbonyl (C=O) groups excluding carboxylic acids is 1. The fourth-order valence-corrected chi connectivity index (χ4v) is 4.20. The summed E-state index contributed by atoms with van der Waals surface area (Å²) in [5.74, 6) is 0.254. The Morgan fingerprint density at radius 2 is 2.14 bits per heavy atom. The van der Waals surface area contributed by atoms with Crippen LogP contribution in [0.1, 0.15) is 32.1 Å². The fraction of sp³-hybridized carbons (Fsp3) is 0.200. The van der Waals surface area contributed by atoms with Crippen molar-refractivity contribution in [3.05, 3.63) is 51.7 Å². The normalized spacial score (nSPS) is 11.0. The zero-order valence-electron chi connectivity index (χ0n) is 15.8. The highest BCUT2D eigenvalue weighted by molar-refractivity contribution is 7.16. The van der Waals surface area contributed by atoms with E-state index < -0.39 is 0 Å². The number of hydrogen-bond acceptors (Lipinski definition) is 6. The predicted octanol–water partition coefficient (Wildman–Crippen LogP) is 4.34. The summed E-state index contributed by atoms with van der Waals surface area (Å²) in [6, 6.07) is 7.44. The second kappa shape index (κ2) is 6.62. The maximum absolute atomic E-state index is 13.2. The number of nitriles is 1. The molecule has 0 spiro atoms. The lowest BCUT2D eigenvalue weighted by Crippen LogP contribution is -2.13. The number of aromatic nitrogens is 3. The number of hydrogen-bond donors (Lipinski definition) is 1. The van der Waals surface area contributed by atoms with E-state index in [0.717, 1.165) is 10.4 Å². The molecule has 0 aliphatic heterocycles. The molecule has 7 nitrogen and oxygen atoms in total. The summed E-state index contributed by atoms with van der Waals surface area (Å²) in [7, 11) is 1.79. The van der Waals surface area contributed by atoms with Gasteiger partial charge < -0.3 is 9.73 Å². The van der Waals surface area contributed by atoms with Gasteiger partial charge in [-0.1, -0.05) is 0 Å². The highest BCUT2D eigenvalue weighted by atomic mass is 32.1. The highest BCUT2D eigenvalue weighted by Gasteiger charge is 2.22. The molecule has 140 valence electrons. The Balaban J connectivity index is 1.87. The first kappa shape index (κ1) is 17.9. The molecule has 1 N–H and O–H groups in total. The first-order valence-electron chi connectivity index (χ1n) is 8.60. The van der Waals surface area contributed by atoms with Gasteiger partial charge in [0, 0.05) is 11.9 Å². The summed E-state index contributed by atoms with van der Waals surface area (Å²) >= 11 is 1.40. The quantitative estimate of drug-likeness (QED) is 0.560. The lowest BCUT2D eigenvalue weighted by Gasteiger charge is -2.08. The van der Waals surface area contributed by atoms with Gasteiger partial charge in [0.15, 0.2) is 11.4 Å². The number of carbonyl (C=O) groups is 1. The zero-order valence-corrected chi connectivity index (χ0v) is 16.6. The Hall–Kier alpha value is -3.44. The molecule has 1 amide bonds. The molecule has 0 bridgehead atoms. The Labute approximate surface area is 165 Å². The van der Waals surface area contributed by atoms with Crippen LogP contribution in [-0.2, 0) is 7.05 Å². The van der Waals surface area contributed by atoms with Gasteiger partial charge >= 0.3 is 0 Å². The van der Waals surface area contributed by atoms with Gasteiger partial charge in [0.1, 0.15) is 16.8 Å². The number of rotatable bonds is 3. The maximum Gasteiger partial charge on any atom is 0.257 e. The molecule has 0 fully saturated rings. The van der Waals surface area contributed by atoms with E-state index >= 15 is 0 Å². The van der Waals surface area contributed by atoms with Gasteiger partial charge in [-0.05, 0) is 44.5 Å². The Kier molecular flexibility index (Phi) is 4.24. The van der Waals surface area contributed by atoms with Crippen LogP contribution in [0.5, 0.6) is 0 Å². The van der Waals surface area contributed by atoms with Crippen molar-refractivity contribution in [1.82, 2.24) is 14.8 Å². The van der Waals surface area contributed by atoms with E-state index in [2.05, 4.69) is 21.5 Å². The minimum atomic E-state index is -0.311. The van der Waals surface area contributed by atoms with E-state index in [1.807, 2.05) is 20.8 Å². The number of furan rings is 1. The number of nitrogens with zero attached hydrogens (tertiary/aromatic N) is 4. The Morgan fingerprint density at radius 1 is 1.36 bits per heavy atom. The zero-order chi connectivity index (χ0) is 20.0. The monoisotopic (exact) mass is 391 g/mol. The van der Waals surface area contributed by atoms with Gasteiger partial charge in [-0.25, -0.2) is 4.98 Å². The number of anilines is 1. The van der Waals surface area contributed by atoms with E-state index in [4.69, 9.17) is 4.42 Å². The van der Waals surface area contributed by atoms with Crippen LogP contribution in [0.3, 0.4) is 0 Å². The van der Waals surface area contributed by atoms with Gasteiger partial charge in [-0.2, -0.15) is 10.4 Å². The van der Waals surface area contributed by atoms with E-state index in [1.165, 1.54) is 11.3 Å². The van der Waals surface area contributed by atoms with Gasteiger partial charge in [0.05, 0.1) is 28.5 Å². The molecule has 0 unspecified atom stereocenters. The molecule has 4 heterocycles. The van der Waals surface area contributed by atoms with E-state index in [0.29, 0.717) is 44.3 Å². The topological polar surface area (TPSA) is 96.7 Å². The van der Waals surface area contributed by atoms with Crippen LogP contribution < -0.4 is 5.32 Å². The van der Waals surface area contributed by atoms with Crippen molar-refractivity contribution < 1.29 is 9.21 Å². The molecule has 0 aromatic carbocycles. The number of thiophene rings is 1. The number of pyridine rings is 1. The van der Waals surface area contributed by atoms with Gasteiger partial charge in [-0.3, -0.25) is 9.48 Å². The van der Waals surface area contributed by atoms with Crippen LogP contribution in [0.2, 0.25) is 0 Å². The molecule has 4 aromatic heterocycles. The molecule has 0 radical (unpaired) electrons. The predicted molar refractivity (Wildman–Crippen MR) is 107 cm³/mol. The van der Waals surface area contributed by atoms with Crippen LogP contribution in [0.4, 0.5) is 5.00 Å². The number of nitrogens with one attached hydrogen (secondary N) is 1. The van der Waals surface area contributed by atoms with Gasteiger partial charge in [0.25, 0.3) is 5.91 Å². The van der Waals surface area contributed by atoms with Gasteiger partial charge in [-0.15, -0.1) is 11.3 Å². The molecule has 8 heteroatoms. The smallest absolute Gasteiger partial charge is 0.257 e. The Bertz CT molecular complexity index is 1260. The molecule has 0 atom stereocenters. The lowest BCUT2D eigenvalue weighted by atomic mass is 10.1. The minimum absolute atomic E-state index is 0.311.